The van der Waals surface area contributed by atoms with Gasteiger partial charge >= 0.3 is 6.09 Å². The Hall–Kier alpha value is -3.87. The first-order valence-corrected chi connectivity index (χ1v) is 10.3. The van der Waals surface area contributed by atoms with Crippen LogP contribution in [-0.2, 0) is 0 Å². The summed E-state index contributed by atoms with van der Waals surface area (Å²) in [5, 5.41) is 10.6. The molecule has 1 amide bonds. The first-order valence-electron chi connectivity index (χ1n) is 10.3. The minimum absolute atomic E-state index is 0.00298. The zero-order valence-corrected chi connectivity index (χ0v) is 16.9. The van der Waals surface area contributed by atoms with Crippen molar-refractivity contribution in [3.63, 3.8) is 0 Å². The van der Waals surface area contributed by atoms with Crippen LogP contribution in [-0.4, -0.2) is 49.6 Å². The quantitative estimate of drug-likeness (QED) is 0.513. The molecule has 0 radical (unpaired) electrons. The number of nitrogens with zero attached hydrogens (tertiary/aromatic N) is 3. The number of piperidine rings is 1. The smallest absolute Gasteiger partial charge is 0.416 e. The van der Waals surface area contributed by atoms with Crippen molar-refractivity contribution >= 4 is 22.9 Å². The van der Waals surface area contributed by atoms with Gasteiger partial charge in [-0.05, 0) is 42.7 Å². The number of carbonyl (C=O) groups excluding carboxylic acids is 1. The van der Waals surface area contributed by atoms with E-state index in [0.29, 0.717) is 35.8 Å². The van der Waals surface area contributed by atoms with Crippen LogP contribution < -0.4 is 0 Å². The number of hydrogen-bond acceptors (Lipinski definition) is 3. The van der Waals surface area contributed by atoms with Gasteiger partial charge in [-0.3, -0.25) is 4.79 Å². The fraction of sp³-hybridized carbons (Fsp3) is 0.208. The van der Waals surface area contributed by atoms with Gasteiger partial charge in [-0.1, -0.05) is 30.3 Å². The maximum atomic E-state index is 13.0. The van der Waals surface area contributed by atoms with Crippen LogP contribution in [0.5, 0.6) is 0 Å². The lowest BCUT2D eigenvalue weighted by Crippen LogP contribution is -2.38. The summed E-state index contributed by atoms with van der Waals surface area (Å²) >= 11 is 0. The van der Waals surface area contributed by atoms with Crippen molar-refractivity contribution in [3.8, 4) is 11.3 Å². The summed E-state index contributed by atoms with van der Waals surface area (Å²) in [7, 11) is 0. The van der Waals surface area contributed by atoms with Crippen LogP contribution in [0.1, 0.15) is 34.9 Å². The van der Waals surface area contributed by atoms with E-state index in [9.17, 15) is 14.7 Å². The molecular weight excluding hydrogens is 392 g/mol. The highest BCUT2D eigenvalue weighted by Crippen LogP contribution is 2.29. The largest absolute Gasteiger partial charge is 0.464 e. The molecule has 0 atom stereocenters. The third kappa shape index (κ3) is 3.48. The van der Waals surface area contributed by atoms with Gasteiger partial charge < -0.3 is 15.0 Å². The summed E-state index contributed by atoms with van der Waals surface area (Å²) in [6.07, 6.45) is 4.33. The molecule has 7 nitrogen and oxygen atoms in total. The second kappa shape index (κ2) is 7.75. The van der Waals surface area contributed by atoms with Gasteiger partial charge in [-0.25, -0.2) is 14.3 Å². The molecule has 0 unspecified atom stereocenters. The predicted molar refractivity (Wildman–Crippen MR) is 117 cm³/mol. The van der Waals surface area contributed by atoms with Gasteiger partial charge in [-0.2, -0.15) is 0 Å². The van der Waals surface area contributed by atoms with Crippen LogP contribution in [0.25, 0.3) is 22.2 Å². The Morgan fingerprint density at radius 2 is 1.77 bits per heavy atom. The van der Waals surface area contributed by atoms with Crippen molar-refractivity contribution in [2.75, 3.05) is 13.1 Å². The number of fused-ring (bicyclic) bond motifs is 1. The van der Waals surface area contributed by atoms with E-state index in [0.717, 1.165) is 29.6 Å². The molecule has 1 aliphatic rings. The standard InChI is InChI=1S/C24H22N4O3/c29-23(27-13-9-17(10-14-27)22-25-11-12-26-22)18-7-5-16(6-8-18)21-15-19-3-1-2-4-20(19)28(21)24(30)31/h1-8,11-12,15,17H,9-10,13-14H2,(H,25,26)(H,30,31). The minimum atomic E-state index is -1.03. The Kier molecular flexibility index (Phi) is 4.78. The average Bonchev–Trinajstić information content (AvgIpc) is 3.47. The number of imidazole rings is 1. The Bertz CT molecular complexity index is 1230. The molecule has 0 bridgehead atoms. The van der Waals surface area contributed by atoms with E-state index in [-0.39, 0.29) is 5.91 Å². The van der Waals surface area contributed by atoms with Crippen molar-refractivity contribution in [1.29, 1.82) is 0 Å². The van der Waals surface area contributed by atoms with E-state index in [1.54, 1.807) is 24.4 Å². The molecule has 1 saturated heterocycles. The van der Waals surface area contributed by atoms with Crippen LogP contribution >= 0.6 is 0 Å². The van der Waals surface area contributed by atoms with Gasteiger partial charge in [0.25, 0.3) is 5.91 Å². The van der Waals surface area contributed by atoms with E-state index < -0.39 is 6.09 Å². The number of aromatic nitrogens is 3. The van der Waals surface area contributed by atoms with E-state index in [2.05, 4.69) is 9.97 Å². The van der Waals surface area contributed by atoms with Crippen LogP contribution in [0.2, 0.25) is 0 Å². The summed E-state index contributed by atoms with van der Waals surface area (Å²) < 4.78 is 1.28. The van der Waals surface area contributed by atoms with Gasteiger partial charge in [0, 0.05) is 42.4 Å². The van der Waals surface area contributed by atoms with E-state index in [1.165, 1.54) is 4.57 Å². The maximum Gasteiger partial charge on any atom is 0.416 e. The molecule has 4 aromatic rings. The molecule has 1 aliphatic heterocycles. The lowest BCUT2D eigenvalue weighted by molar-refractivity contribution is 0.0711. The highest BCUT2D eigenvalue weighted by Gasteiger charge is 2.26. The number of hydrogen-bond donors (Lipinski definition) is 2. The van der Waals surface area contributed by atoms with Crippen LogP contribution in [0, 0.1) is 0 Å². The number of benzene rings is 2. The van der Waals surface area contributed by atoms with Gasteiger partial charge in [0.1, 0.15) is 5.82 Å². The second-order valence-corrected chi connectivity index (χ2v) is 7.82. The summed E-state index contributed by atoms with van der Waals surface area (Å²) in [6, 6.07) is 16.4. The summed E-state index contributed by atoms with van der Waals surface area (Å²) in [5.41, 5.74) is 2.60. The first-order chi connectivity index (χ1) is 15.1. The highest BCUT2D eigenvalue weighted by molar-refractivity contribution is 5.97. The van der Waals surface area contributed by atoms with E-state index in [1.807, 2.05) is 47.5 Å². The molecule has 31 heavy (non-hydrogen) atoms. The SMILES string of the molecule is O=C(c1ccc(-c2cc3ccccc3n2C(=O)O)cc1)N1CCC(c2ncc[nH]2)CC1. The Morgan fingerprint density at radius 1 is 1.03 bits per heavy atom. The molecule has 0 spiro atoms. The predicted octanol–water partition coefficient (Wildman–Crippen LogP) is 4.58. The fourth-order valence-electron chi connectivity index (χ4n) is 4.40. The normalized spacial score (nSPS) is 14.8. The van der Waals surface area contributed by atoms with Crippen molar-refractivity contribution in [1.82, 2.24) is 19.4 Å². The van der Waals surface area contributed by atoms with E-state index >= 15 is 0 Å². The average molecular weight is 414 g/mol. The zero-order valence-electron chi connectivity index (χ0n) is 16.9. The number of aromatic amines is 1. The molecule has 2 N–H and O–H groups in total. The number of nitrogens with one attached hydrogen (secondary N) is 1. The molecule has 3 heterocycles. The van der Waals surface area contributed by atoms with E-state index in [4.69, 9.17) is 0 Å². The fourth-order valence-corrected chi connectivity index (χ4v) is 4.40. The van der Waals surface area contributed by atoms with Gasteiger partial charge in [0.2, 0.25) is 0 Å². The Labute approximate surface area is 179 Å². The van der Waals surface area contributed by atoms with Crippen LogP contribution in [0.4, 0.5) is 4.79 Å². The number of amides is 1. The topological polar surface area (TPSA) is 91.2 Å². The van der Waals surface area contributed by atoms with Gasteiger partial charge in [0.15, 0.2) is 0 Å². The van der Waals surface area contributed by atoms with Crippen LogP contribution in [0.15, 0.2) is 67.0 Å². The second-order valence-electron chi connectivity index (χ2n) is 7.82. The summed E-state index contributed by atoms with van der Waals surface area (Å²) in [5.74, 6) is 1.35. The van der Waals surface area contributed by atoms with Crippen molar-refractivity contribution in [3.05, 3.63) is 78.4 Å². The Morgan fingerprint density at radius 3 is 2.45 bits per heavy atom. The van der Waals surface area contributed by atoms with Gasteiger partial charge in [0.05, 0.1) is 11.2 Å². The molecule has 5 rings (SSSR count). The number of rotatable bonds is 3. The molecule has 2 aromatic carbocycles. The van der Waals surface area contributed by atoms with Gasteiger partial charge in [-0.15, -0.1) is 0 Å². The molecule has 0 saturated carbocycles. The minimum Gasteiger partial charge on any atom is -0.464 e. The number of carbonyl (C=O) groups is 2. The Balaban J connectivity index is 1.35. The molecule has 7 heteroatoms. The molecular formula is C24H22N4O3. The third-order valence-electron chi connectivity index (χ3n) is 6.02. The lowest BCUT2D eigenvalue weighted by Gasteiger charge is -2.31. The van der Waals surface area contributed by atoms with Crippen LogP contribution in [0.3, 0.4) is 0 Å². The molecule has 156 valence electrons. The maximum absolute atomic E-state index is 13.0. The zero-order chi connectivity index (χ0) is 21.4. The highest BCUT2D eigenvalue weighted by atomic mass is 16.4. The van der Waals surface area contributed by atoms with Crippen molar-refractivity contribution in [2.24, 2.45) is 0 Å². The first kappa shape index (κ1) is 19.1. The van der Waals surface area contributed by atoms with Crippen molar-refractivity contribution < 1.29 is 14.7 Å². The third-order valence-corrected chi connectivity index (χ3v) is 6.02. The summed E-state index contributed by atoms with van der Waals surface area (Å²) in [4.78, 5) is 34.2. The number of para-hydroxylation sites is 1. The number of likely N-dealkylation sites (tertiary alicyclic amines) is 1. The summed E-state index contributed by atoms with van der Waals surface area (Å²) in [6.45, 7) is 1.39. The van der Waals surface area contributed by atoms with Crippen molar-refractivity contribution in [2.45, 2.75) is 18.8 Å². The molecule has 1 fully saturated rings. The lowest BCUT2D eigenvalue weighted by atomic mass is 9.95. The monoisotopic (exact) mass is 414 g/mol. The number of carboxylic acid groups (broad SMARTS) is 1. The number of H-pyrrole nitrogens is 1. The molecule has 2 aromatic heterocycles. The molecule has 0 aliphatic carbocycles.